The molecule has 0 unspecified atom stereocenters. The first-order valence-corrected chi connectivity index (χ1v) is 5.20. The summed E-state index contributed by atoms with van der Waals surface area (Å²) in [6.45, 7) is 7.43. The van der Waals surface area contributed by atoms with Crippen LogP contribution in [-0.2, 0) is 4.79 Å². The zero-order chi connectivity index (χ0) is 11.6. The van der Waals surface area contributed by atoms with E-state index in [0.717, 1.165) is 0 Å². The smallest absolute Gasteiger partial charge is 0.327 e. The second-order valence-corrected chi connectivity index (χ2v) is 4.64. The minimum absolute atomic E-state index is 0.115. The molecule has 0 spiro atoms. The molecule has 0 aromatic heterocycles. The topological polar surface area (TPSA) is 66.6 Å². The summed E-state index contributed by atoms with van der Waals surface area (Å²) < 4.78 is 0. The lowest BCUT2D eigenvalue weighted by atomic mass is 9.93. The highest BCUT2D eigenvalue weighted by Gasteiger charge is 2.37. The van der Waals surface area contributed by atoms with Gasteiger partial charge in [0.1, 0.15) is 6.54 Å². The van der Waals surface area contributed by atoms with Gasteiger partial charge in [-0.3, -0.25) is 9.69 Å². The minimum atomic E-state index is -0.191. The quantitative estimate of drug-likeness (QED) is 0.681. The third-order valence-corrected chi connectivity index (χ3v) is 2.62. The molecular formula is C10H19N3O2. The molecule has 0 saturated carbocycles. The third-order valence-electron chi connectivity index (χ3n) is 2.62. The van der Waals surface area contributed by atoms with Crippen molar-refractivity contribution in [2.45, 2.75) is 20.8 Å². The number of likely N-dealkylation sites (N-methyl/N-ethyl adjacent to an activating group) is 1. The summed E-state index contributed by atoms with van der Waals surface area (Å²) in [5.74, 6) is -0.115. The Morgan fingerprint density at radius 3 is 2.40 bits per heavy atom. The van der Waals surface area contributed by atoms with Crippen LogP contribution in [0.5, 0.6) is 0 Å². The van der Waals surface area contributed by atoms with Crippen LogP contribution in [0.25, 0.3) is 0 Å². The first kappa shape index (κ1) is 12.0. The van der Waals surface area contributed by atoms with Crippen molar-refractivity contribution in [3.63, 3.8) is 0 Å². The summed E-state index contributed by atoms with van der Waals surface area (Å²) in [6, 6.07) is -0.191. The van der Waals surface area contributed by atoms with E-state index >= 15 is 0 Å². The van der Waals surface area contributed by atoms with E-state index in [1.807, 2.05) is 13.8 Å². The zero-order valence-corrected chi connectivity index (χ0v) is 9.62. The normalized spacial score (nSPS) is 17.9. The van der Waals surface area contributed by atoms with Crippen LogP contribution < -0.4 is 5.73 Å². The average Bonchev–Trinajstić information content (AvgIpc) is 2.41. The highest BCUT2D eigenvalue weighted by molar-refractivity contribution is 6.01. The van der Waals surface area contributed by atoms with E-state index in [2.05, 4.69) is 0 Å². The van der Waals surface area contributed by atoms with Crippen LogP contribution in [0.1, 0.15) is 20.8 Å². The molecule has 5 heteroatoms. The molecule has 0 aliphatic carbocycles. The van der Waals surface area contributed by atoms with Crippen LogP contribution in [0.2, 0.25) is 0 Å². The fourth-order valence-corrected chi connectivity index (χ4v) is 1.61. The summed E-state index contributed by atoms with van der Waals surface area (Å²) in [7, 11) is 0. The lowest BCUT2D eigenvalue weighted by molar-refractivity contribution is -0.125. The Morgan fingerprint density at radius 1 is 1.40 bits per heavy atom. The molecule has 0 aromatic rings. The van der Waals surface area contributed by atoms with Gasteiger partial charge in [-0.25, -0.2) is 4.79 Å². The molecule has 1 heterocycles. The van der Waals surface area contributed by atoms with Gasteiger partial charge in [0.15, 0.2) is 0 Å². The molecule has 86 valence electrons. The van der Waals surface area contributed by atoms with E-state index in [0.29, 0.717) is 19.6 Å². The second kappa shape index (κ2) is 4.18. The fraction of sp³-hybridized carbons (Fsp3) is 0.800. The molecule has 0 aromatic carbocycles. The summed E-state index contributed by atoms with van der Waals surface area (Å²) in [5.41, 5.74) is 5.46. The van der Waals surface area contributed by atoms with Crippen molar-refractivity contribution in [2.24, 2.45) is 11.1 Å². The predicted molar refractivity (Wildman–Crippen MR) is 57.2 cm³/mol. The molecule has 1 rings (SSSR count). The number of amides is 3. The minimum Gasteiger partial charge on any atom is -0.330 e. The number of urea groups is 1. The van der Waals surface area contributed by atoms with Crippen molar-refractivity contribution in [1.82, 2.24) is 9.80 Å². The van der Waals surface area contributed by atoms with Crippen molar-refractivity contribution in [2.75, 3.05) is 26.2 Å². The maximum atomic E-state index is 11.7. The number of carbonyl (C=O) groups is 2. The Morgan fingerprint density at radius 2 is 2.00 bits per heavy atom. The number of carbonyl (C=O) groups excluding carboxylic acids is 2. The molecular weight excluding hydrogens is 194 g/mol. The number of hydrogen-bond acceptors (Lipinski definition) is 3. The number of nitrogens with zero attached hydrogens (tertiary/aromatic N) is 2. The molecule has 1 fully saturated rings. The highest BCUT2D eigenvalue weighted by Crippen LogP contribution is 2.19. The Balaban J connectivity index is 2.67. The first-order chi connectivity index (χ1) is 6.91. The number of rotatable bonds is 4. The Labute approximate surface area is 90.2 Å². The van der Waals surface area contributed by atoms with Gasteiger partial charge in [0, 0.05) is 13.1 Å². The fourth-order valence-electron chi connectivity index (χ4n) is 1.61. The van der Waals surface area contributed by atoms with Crippen LogP contribution in [0, 0.1) is 5.41 Å². The van der Waals surface area contributed by atoms with Gasteiger partial charge >= 0.3 is 6.03 Å². The maximum absolute atomic E-state index is 11.7. The molecule has 1 saturated heterocycles. The lowest BCUT2D eigenvalue weighted by Gasteiger charge is -2.27. The molecule has 0 bridgehead atoms. The van der Waals surface area contributed by atoms with Gasteiger partial charge in [0.2, 0.25) is 5.91 Å². The largest absolute Gasteiger partial charge is 0.330 e. The van der Waals surface area contributed by atoms with Gasteiger partial charge in [-0.05, 0) is 18.9 Å². The van der Waals surface area contributed by atoms with Crippen LogP contribution in [-0.4, -0.2) is 47.9 Å². The Hall–Kier alpha value is -1.10. The molecule has 3 amide bonds. The van der Waals surface area contributed by atoms with Crippen LogP contribution >= 0.6 is 0 Å². The van der Waals surface area contributed by atoms with Crippen molar-refractivity contribution in [3.05, 3.63) is 0 Å². The summed E-state index contributed by atoms with van der Waals surface area (Å²) >= 11 is 0. The monoisotopic (exact) mass is 213 g/mol. The molecule has 2 N–H and O–H groups in total. The Kier molecular flexibility index (Phi) is 3.34. The molecule has 0 radical (unpaired) electrons. The van der Waals surface area contributed by atoms with Gasteiger partial charge in [-0.1, -0.05) is 13.8 Å². The lowest BCUT2D eigenvalue weighted by Crippen LogP contribution is -2.41. The van der Waals surface area contributed by atoms with Gasteiger partial charge < -0.3 is 10.6 Å². The van der Waals surface area contributed by atoms with Gasteiger partial charge in [0.05, 0.1) is 0 Å². The molecule has 15 heavy (non-hydrogen) atoms. The van der Waals surface area contributed by atoms with Crippen molar-refractivity contribution in [3.8, 4) is 0 Å². The van der Waals surface area contributed by atoms with Crippen LogP contribution in [0.15, 0.2) is 0 Å². The number of nitrogens with two attached hydrogens (primary N) is 1. The second-order valence-electron chi connectivity index (χ2n) is 4.64. The van der Waals surface area contributed by atoms with Gasteiger partial charge in [-0.2, -0.15) is 0 Å². The van der Waals surface area contributed by atoms with Gasteiger partial charge in [0.25, 0.3) is 0 Å². The molecule has 1 aliphatic heterocycles. The molecule has 1 aliphatic rings. The highest BCUT2D eigenvalue weighted by atomic mass is 16.2. The first-order valence-electron chi connectivity index (χ1n) is 5.20. The number of hydrogen-bond donors (Lipinski definition) is 1. The van der Waals surface area contributed by atoms with E-state index < -0.39 is 0 Å². The van der Waals surface area contributed by atoms with E-state index in [1.54, 1.807) is 11.8 Å². The zero-order valence-electron chi connectivity index (χ0n) is 9.62. The Bertz CT molecular complexity index is 276. The van der Waals surface area contributed by atoms with Crippen LogP contribution in [0.4, 0.5) is 4.79 Å². The van der Waals surface area contributed by atoms with Crippen molar-refractivity contribution >= 4 is 11.9 Å². The third kappa shape index (κ3) is 2.47. The van der Waals surface area contributed by atoms with Gasteiger partial charge in [-0.15, -0.1) is 0 Å². The SMILES string of the molecule is CCN1C(=O)CN(CC(C)(C)CN)C1=O. The molecule has 5 nitrogen and oxygen atoms in total. The summed E-state index contributed by atoms with van der Waals surface area (Å²) in [6.07, 6.45) is 0. The van der Waals surface area contributed by atoms with E-state index in [-0.39, 0.29) is 23.9 Å². The average molecular weight is 213 g/mol. The van der Waals surface area contributed by atoms with Crippen molar-refractivity contribution in [1.29, 1.82) is 0 Å². The van der Waals surface area contributed by atoms with Crippen LogP contribution in [0.3, 0.4) is 0 Å². The maximum Gasteiger partial charge on any atom is 0.327 e. The van der Waals surface area contributed by atoms with E-state index in [4.69, 9.17) is 5.73 Å². The van der Waals surface area contributed by atoms with Crippen molar-refractivity contribution < 1.29 is 9.59 Å². The standard InChI is InChI=1S/C10H19N3O2/c1-4-13-8(14)5-12(9(13)15)7-10(2,3)6-11/h4-7,11H2,1-3H3. The number of imide groups is 1. The predicted octanol–water partition coefficient (Wildman–Crippen LogP) is 0.255. The van der Waals surface area contributed by atoms with E-state index in [9.17, 15) is 9.59 Å². The summed E-state index contributed by atoms with van der Waals surface area (Å²) in [4.78, 5) is 26.0. The summed E-state index contributed by atoms with van der Waals surface area (Å²) in [5, 5.41) is 0. The van der Waals surface area contributed by atoms with E-state index in [1.165, 1.54) is 4.90 Å². The molecule has 0 atom stereocenters.